The molecule has 144 valence electrons. The van der Waals surface area contributed by atoms with E-state index in [2.05, 4.69) is 4.18 Å². The number of ether oxygens (including phenoxy) is 1. The molecular formula is C19H17F3O4S. The van der Waals surface area contributed by atoms with Gasteiger partial charge in [0.2, 0.25) is 0 Å². The van der Waals surface area contributed by atoms with E-state index in [4.69, 9.17) is 4.74 Å². The second kappa shape index (κ2) is 6.60. The number of halogens is 3. The molecule has 0 heterocycles. The van der Waals surface area contributed by atoms with Crippen LogP contribution in [0, 0.1) is 6.92 Å². The lowest BCUT2D eigenvalue weighted by Crippen LogP contribution is -2.29. The second-order valence-corrected chi connectivity index (χ2v) is 7.83. The van der Waals surface area contributed by atoms with E-state index in [0.29, 0.717) is 11.3 Å². The molecular weight excluding hydrogens is 381 g/mol. The van der Waals surface area contributed by atoms with E-state index < -0.39 is 21.5 Å². The summed E-state index contributed by atoms with van der Waals surface area (Å²) in [6.07, 6.45) is 1.91. The Morgan fingerprint density at radius 3 is 2.33 bits per heavy atom. The van der Waals surface area contributed by atoms with E-state index in [9.17, 15) is 21.6 Å². The number of hydrogen-bond acceptors (Lipinski definition) is 4. The van der Waals surface area contributed by atoms with Gasteiger partial charge in [0.15, 0.2) is 0 Å². The Labute approximate surface area is 155 Å². The van der Waals surface area contributed by atoms with Gasteiger partial charge in [0.1, 0.15) is 11.5 Å². The van der Waals surface area contributed by atoms with Gasteiger partial charge in [-0.2, -0.15) is 21.6 Å². The predicted molar refractivity (Wildman–Crippen MR) is 95.3 cm³/mol. The zero-order chi connectivity index (χ0) is 20.0. The highest BCUT2D eigenvalue weighted by atomic mass is 32.2. The fourth-order valence-electron chi connectivity index (χ4n) is 3.26. The van der Waals surface area contributed by atoms with Crippen LogP contribution in [0.3, 0.4) is 0 Å². The molecule has 1 aliphatic rings. The first-order chi connectivity index (χ1) is 12.5. The molecule has 0 N–H and O–H groups in total. The van der Waals surface area contributed by atoms with Crippen LogP contribution in [0.4, 0.5) is 13.2 Å². The Balaban J connectivity index is 2.21. The fraction of sp³-hybridized carbons (Fsp3) is 0.263. The second-order valence-electron chi connectivity index (χ2n) is 6.30. The maximum atomic E-state index is 12.9. The van der Waals surface area contributed by atoms with Crippen LogP contribution in [0.5, 0.6) is 11.5 Å². The summed E-state index contributed by atoms with van der Waals surface area (Å²) in [4.78, 5) is 0. The minimum Gasteiger partial charge on any atom is -0.497 e. The van der Waals surface area contributed by atoms with Crippen LogP contribution < -0.4 is 8.92 Å². The molecule has 0 aromatic heterocycles. The van der Waals surface area contributed by atoms with Gasteiger partial charge in [-0.15, -0.1) is 0 Å². The number of alkyl halides is 3. The minimum atomic E-state index is -5.80. The summed E-state index contributed by atoms with van der Waals surface area (Å²) in [5.41, 5.74) is -2.34. The first-order valence-corrected chi connectivity index (χ1v) is 9.42. The zero-order valence-corrected chi connectivity index (χ0v) is 15.6. The van der Waals surface area contributed by atoms with E-state index >= 15 is 0 Å². The lowest BCUT2D eigenvalue weighted by Gasteiger charge is -2.22. The summed E-state index contributed by atoms with van der Waals surface area (Å²) in [6.45, 7) is 3.31. The molecule has 4 nitrogen and oxygen atoms in total. The highest BCUT2D eigenvalue weighted by Gasteiger charge is 2.49. The highest BCUT2D eigenvalue weighted by Crippen LogP contribution is 2.47. The number of methoxy groups -OCH3 is 1. The summed E-state index contributed by atoms with van der Waals surface area (Å²) < 4.78 is 71.7. The molecule has 1 atom stereocenters. The molecule has 2 aromatic carbocycles. The van der Waals surface area contributed by atoms with Crippen LogP contribution in [0.1, 0.15) is 35.1 Å². The smallest absolute Gasteiger partial charge is 0.497 e. The van der Waals surface area contributed by atoms with Crippen LogP contribution in [-0.2, 0) is 10.1 Å². The van der Waals surface area contributed by atoms with Gasteiger partial charge < -0.3 is 8.92 Å². The summed E-state index contributed by atoms with van der Waals surface area (Å²) >= 11 is 0. The van der Waals surface area contributed by atoms with Crippen LogP contribution in [-0.4, -0.2) is 21.0 Å². The quantitative estimate of drug-likeness (QED) is 0.549. The van der Waals surface area contributed by atoms with Gasteiger partial charge in [-0.3, -0.25) is 0 Å². The van der Waals surface area contributed by atoms with Crippen molar-refractivity contribution >= 4 is 16.2 Å². The molecule has 1 aliphatic carbocycles. The van der Waals surface area contributed by atoms with Crippen LogP contribution in [0.2, 0.25) is 0 Å². The average Bonchev–Trinajstić information content (AvgIpc) is 2.91. The summed E-state index contributed by atoms with van der Waals surface area (Å²) in [5, 5.41) is 0. The van der Waals surface area contributed by atoms with Crippen molar-refractivity contribution in [1.82, 2.24) is 0 Å². The van der Waals surface area contributed by atoms with Gasteiger partial charge in [-0.25, -0.2) is 0 Å². The highest BCUT2D eigenvalue weighted by molar-refractivity contribution is 7.88. The van der Waals surface area contributed by atoms with Gasteiger partial charge >= 0.3 is 15.6 Å². The first kappa shape index (κ1) is 19.3. The van der Waals surface area contributed by atoms with Crippen molar-refractivity contribution in [1.29, 1.82) is 0 Å². The summed E-state index contributed by atoms with van der Waals surface area (Å²) in [6, 6.07) is 10.4. The van der Waals surface area contributed by atoms with Crippen LogP contribution >= 0.6 is 0 Å². The molecule has 0 amide bonds. The number of rotatable bonds is 4. The van der Waals surface area contributed by atoms with Crippen molar-refractivity contribution in [2.45, 2.75) is 25.3 Å². The number of fused-ring (bicyclic) bond motifs is 1. The lowest BCUT2D eigenvalue weighted by molar-refractivity contribution is -0.0500. The Kier molecular flexibility index (Phi) is 4.71. The average molecular weight is 398 g/mol. The molecule has 0 bridgehead atoms. The molecule has 0 aliphatic heterocycles. The van der Waals surface area contributed by atoms with E-state index in [0.717, 1.165) is 16.7 Å². The molecule has 2 aromatic rings. The maximum Gasteiger partial charge on any atom is 0.534 e. The SMILES string of the molecule is COc1cc(C)c(OS(=O)(=O)C(F)(F)F)c(C2C(C)=Cc3ccccc32)c1. The van der Waals surface area contributed by atoms with Crippen molar-refractivity contribution < 1.29 is 30.5 Å². The molecule has 0 saturated carbocycles. The Morgan fingerprint density at radius 1 is 1.04 bits per heavy atom. The van der Waals surface area contributed by atoms with Gasteiger partial charge in [0.05, 0.1) is 7.11 Å². The van der Waals surface area contributed by atoms with Crippen LogP contribution in [0.15, 0.2) is 42.0 Å². The number of benzene rings is 2. The van der Waals surface area contributed by atoms with Gasteiger partial charge in [-0.1, -0.05) is 35.9 Å². The van der Waals surface area contributed by atoms with E-state index in [1.54, 1.807) is 0 Å². The molecule has 0 fully saturated rings. The van der Waals surface area contributed by atoms with Gasteiger partial charge in [-0.05, 0) is 42.7 Å². The van der Waals surface area contributed by atoms with Gasteiger partial charge in [0, 0.05) is 11.5 Å². The Hall–Kier alpha value is -2.48. The molecule has 0 radical (unpaired) electrons. The lowest BCUT2D eigenvalue weighted by atomic mass is 9.87. The van der Waals surface area contributed by atoms with Crippen molar-refractivity contribution in [3.05, 3.63) is 64.2 Å². The first-order valence-electron chi connectivity index (χ1n) is 8.01. The number of allylic oxidation sites excluding steroid dienone is 1. The summed E-state index contributed by atoms with van der Waals surface area (Å²) in [5.74, 6) is -0.368. The monoisotopic (exact) mass is 398 g/mol. The predicted octanol–water partition coefficient (Wildman–Crippen LogP) is 4.78. The topological polar surface area (TPSA) is 52.6 Å². The third-order valence-electron chi connectivity index (χ3n) is 4.45. The standard InChI is InChI=1S/C19H17F3O4S/c1-11-8-13-6-4-5-7-15(13)17(11)16-10-14(25-3)9-12(2)18(16)26-27(23,24)19(20,21)22/h4-10,17H,1-3H3. The number of aryl methyl sites for hydroxylation is 1. The van der Waals surface area contributed by atoms with Crippen molar-refractivity contribution in [3.63, 3.8) is 0 Å². The molecule has 8 heteroatoms. The number of hydrogen-bond donors (Lipinski definition) is 0. The van der Waals surface area contributed by atoms with Crippen molar-refractivity contribution in [3.8, 4) is 11.5 Å². The van der Waals surface area contributed by atoms with Crippen molar-refractivity contribution in [2.24, 2.45) is 0 Å². The largest absolute Gasteiger partial charge is 0.534 e. The molecule has 3 rings (SSSR count). The maximum absolute atomic E-state index is 12.9. The Bertz CT molecular complexity index is 1020. The molecule has 1 unspecified atom stereocenters. The van der Waals surface area contributed by atoms with Crippen molar-refractivity contribution in [2.75, 3.05) is 7.11 Å². The van der Waals surface area contributed by atoms with Crippen LogP contribution in [0.25, 0.3) is 6.08 Å². The Morgan fingerprint density at radius 2 is 1.70 bits per heavy atom. The minimum absolute atomic E-state index is 0.231. The van der Waals surface area contributed by atoms with E-state index in [1.165, 1.54) is 26.2 Å². The normalized spacial score (nSPS) is 16.7. The van der Waals surface area contributed by atoms with Gasteiger partial charge in [0.25, 0.3) is 0 Å². The third-order valence-corrected chi connectivity index (χ3v) is 5.40. The fourth-order valence-corrected chi connectivity index (χ4v) is 3.80. The molecule has 0 spiro atoms. The third kappa shape index (κ3) is 3.41. The van der Waals surface area contributed by atoms with E-state index in [-0.39, 0.29) is 11.3 Å². The zero-order valence-electron chi connectivity index (χ0n) is 14.8. The van der Waals surface area contributed by atoms with E-state index in [1.807, 2.05) is 37.3 Å². The molecule has 0 saturated heterocycles. The summed E-state index contributed by atoms with van der Waals surface area (Å²) in [7, 11) is -4.37. The molecule has 27 heavy (non-hydrogen) atoms.